The summed E-state index contributed by atoms with van der Waals surface area (Å²) in [5.41, 5.74) is 1.16. The summed E-state index contributed by atoms with van der Waals surface area (Å²) in [6.45, 7) is 4.61. The van der Waals surface area contributed by atoms with E-state index in [2.05, 4.69) is 13.8 Å². The van der Waals surface area contributed by atoms with Gasteiger partial charge in [0, 0.05) is 29.9 Å². The van der Waals surface area contributed by atoms with Crippen LogP contribution in [0, 0.1) is 23.4 Å². The van der Waals surface area contributed by atoms with Crippen molar-refractivity contribution in [3.05, 3.63) is 77.6 Å². The summed E-state index contributed by atoms with van der Waals surface area (Å²) in [4.78, 5) is 6.63. The van der Waals surface area contributed by atoms with Gasteiger partial charge >= 0.3 is 0 Å². The van der Waals surface area contributed by atoms with E-state index in [0.29, 0.717) is 12.4 Å². The van der Waals surface area contributed by atoms with Gasteiger partial charge in [-0.1, -0.05) is 56.3 Å². The highest BCUT2D eigenvalue weighted by atomic mass is 19.2. The molecule has 1 heterocycles. The van der Waals surface area contributed by atoms with Crippen molar-refractivity contribution in [2.24, 2.45) is 10.9 Å². The predicted molar refractivity (Wildman–Crippen MR) is 103 cm³/mol. The Balaban J connectivity index is 1.88. The molecule has 4 rings (SSSR count). The number of rotatable bonds is 3. The van der Waals surface area contributed by atoms with Crippen molar-refractivity contribution in [1.29, 1.82) is 0 Å². The molecule has 0 N–H and O–H groups in total. The maximum Gasteiger partial charge on any atom is 0.194 e. The van der Waals surface area contributed by atoms with Crippen molar-refractivity contribution in [3.8, 4) is 0 Å². The van der Waals surface area contributed by atoms with Gasteiger partial charge in [0.05, 0.1) is 6.04 Å². The normalized spacial score (nSPS) is 17.0. The van der Waals surface area contributed by atoms with E-state index < -0.39 is 17.5 Å². The van der Waals surface area contributed by atoms with Crippen LogP contribution in [-0.2, 0) is 0 Å². The number of fused-ring (bicyclic) bond motifs is 1. The van der Waals surface area contributed by atoms with E-state index in [-0.39, 0.29) is 17.6 Å². The van der Waals surface area contributed by atoms with Gasteiger partial charge in [-0.3, -0.25) is 4.99 Å². The van der Waals surface area contributed by atoms with E-state index in [1.807, 2.05) is 42.5 Å². The Hall–Kier alpha value is -2.82. The molecule has 27 heavy (non-hydrogen) atoms. The van der Waals surface area contributed by atoms with E-state index in [1.54, 1.807) is 4.90 Å². The monoisotopic (exact) mass is 368 g/mol. The molecular weight excluding hydrogens is 349 g/mol. The Morgan fingerprint density at radius 2 is 1.63 bits per heavy atom. The van der Waals surface area contributed by atoms with Crippen LogP contribution in [0.3, 0.4) is 0 Å². The van der Waals surface area contributed by atoms with Gasteiger partial charge in [0.1, 0.15) is 5.84 Å². The molecule has 2 nitrogen and oxygen atoms in total. The molecule has 0 unspecified atom stereocenters. The zero-order chi connectivity index (χ0) is 19.1. The Morgan fingerprint density at radius 3 is 2.33 bits per heavy atom. The second-order valence-electron chi connectivity index (χ2n) is 7.12. The summed E-state index contributed by atoms with van der Waals surface area (Å²) >= 11 is 0. The maximum atomic E-state index is 13.9. The largest absolute Gasteiger partial charge is 0.324 e. The molecule has 3 aromatic rings. The van der Waals surface area contributed by atoms with E-state index in [4.69, 9.17) is 4.99 Å². The van der Waals surface area contributed by atoms with Crippen LogP contribution in [0.4, 0.5) is 18.9 Å². The zero-order valence-electron chi connectivity index (χ0n) is 15.1. The lowest BCUT2D eigenvalue weighted by atomic mass is 10.0. The first kappa shape index (κ1) is 17.6. The van der Waals surface area contributed by atoms with Crippen LogP contribution in [0.5, 0.6) is 0 Å². The molecule has 1 atom stereocenters. The van der Waals surface area contributed by atoms with Gasteiger partial charge in [-0.15, -0.1) is 0 Å². The van der Waals surface area contributed by atoms with E-state index in [0.717, 1.165) is 28.5 Å². The first-order chi connectivity index (χ1) is 13.0. The van der Waals surface area contributed by atoms with E-state index in [9.17, 15) is 13.2 Å². The minimum Gasteiger partial charge on any atom is -0.324 e. The summed E-state index contributed by atoms with van der Waals surface area (Å²) in [6, 6.07) is 15.9. The third-order valence-electron chi connectivity index (χ3n) is 4.99. The molecule has 0 saturated heterocycles. The highest BCUT2D eigenvalue weighted by molar-refractivity contribution is 6.18. The maximum absolute atomic E-state index is 13.9. The minimum absolute atomic E-state index is 0.0184. The highest BCUT2D eigenvalue weighted by Gasteiger charge is 2.31. The highest BCUT2D eigenvalue weighted by Crippen LogP contribution is 2.31. The van der Waals surface area contributed by atoms with Gasteiger partial charge in [-0.25, -0.2) is 13.2 Å². The van der Waals surface area contributed by atoms with Gasteiger partial charge in [0.15, 0.2) is 17.5 Å². The second-order valence-corrected chi connectivity index (χ2v) is 7.12. The van der Waals surface area contributed by atoms with Gasteiger partial charge in [-0.2, -0.15) is 0 Å². The first-order valence-electron chi connectivity index (χ1n) is 8.93. The quantitative estimate of drug-likeness (QED) is 0.554. The molecule has 0 radical (unpaired) electrons. The molecule has 0 bridgehead atoms. The Kier molecular flexibility index (Phi) is 4.38. The summed E-state index contributed by atoms with van der Waals surface area (Å²) < 4.78 is 41.1. The van der Waals surface area contributed by atoms with Crippen LogP contribution in [0.15, 0.2) is 59.6 Å². The fraction of sp³-hybridized carbons (Fsp3) is 0.227. The van der Waals surface area contributed by atoms with Crippen molar-refractivity contribution in [2.75, 3.05) is 11.4 Å². The van der Waals surface area contributed by atoms with Crippen LogP contribution in [0.2, 0.25) is 0 Å². The van der Waals surface area contributed by atoms with Crippen molar-refractivity contribution in [1.82, 2.24) is 0 Å². The summed E-state index contributed by atoms with van der Waals surface area (Å²) in [6.07, 6.45) is 0. The third kappa shape index (κ3) is 3.07. The Labute approximate surface area is 156 Å². The molecule has 1 aliphatic heterocycles. The SMILES string of the molecule is CC(C)[C@H]1CN(c2cc(F)c(F)c(F)c2)C(c2cccc3ccccc23)=N1. The topological polar surface area (TPSA) is 15.6 Å². The van der Waals surface area contributed by atoms with Crippen LogP contribution in [0.1, 0.15) is 19.4 Å². The number of benzene rings is 3. The van der Waals surface area contributed by atoms with Gasteiger partial charge in [0.2, 0.25) is 0 Å². The number of amidine groups is 1. The van der Waals surface area contributed by atoms with Crippen molar-refractivity contribution in [2.45, 2.75) is 19.9 Å². The Morgan fingerprint density at radius 1 is 0.963 bits per heavy atom. The molecule has 1 aliphatic rings. The van der Waals surface area contributed by atoms with Crippen molar-refractivity contribution >= 4 is 22.3 Å². The third-order valence-corrected chi connectivity index (χ3v) is 4.99. The summed E-state index contributed by atoms with van der Waals surface area (Å²) in [7, 11) is 0. The molecule has 0 saturated carbocycles. The molecule has 0 amide bonds. The number of nitrogens with zero attached hydrogens (tertiary/aromatic N) is 2. The fourth-order valence-corrected chi connectivity index (χ4v) is 3.46. The summed E-state index contributed by atoms with van der Waals surface area (Å²) in [5.74, 6) is -2.95. The molecule has 0 aromatic heterocycles. The number of aliphatic imine (C=N–C) groups is 1. The lowest BCUT2D eigenvalue weighted by molar-refractivity contribution is 0.447. The molecule has 138 valence electrons. The lowest BCUT2D eigenvalue weighted by Gasteiger charge is -2.23. The van der Waals surface area contributed by atoms with Crippen LogP contribution in [0.25, 0.3) is 10.8 Å². The second kappa shape index (κ2) is 6.72. The van der Waals surface area contributed by atoms with E-state index >= 15 is 0 Å². The van der Waals surface area contributed by atoms with Gasteiger partial charge in [-0.05, 0) is 16.7 Å². The number of hydrogen-bond donors (Lipinski definition) is 0. The standard InChI is InChI=1S/C22H19F3N2/c1-13(2)20-12-27(15-10-18(23)21(25)19(24)11-15)22(26-20)17-9-5-7-14-6-3-4-8-16(14)17/h3-11,13,20H,12H2,1-2H3/t20-/m1/s1. The van der Waals surface area contributed by atoms with E-state index in [1.165, 1.54) is 0 Å². The fourth-order valence-electron chi connectivity index (χ4n) is 3.46. The Bertz CT molecular complexity index is 1010. The van der Waals surface area contributed by atoms with Crippen LogP contribution < -0.4 is 4.90 Å². The summed E-state index contributed by atoms with van der Waals surface area (Å²) in [5, 5.41) is 2.07. The van der Waals surface area contributed by atoms with Gasteiger partial charge < -0.3 is 4.90 Å². The number of anilines is 1. The minimum atomic E-state index is -1.46. The van der Waals surface area contributed by atoms with Crippen molar-refractivity contribution in [3.63, 3.8) is 0 Å². The predicted octanol–water partition coefficient (Wildman–Crippen LogP) is 5.55. The zero-order valence-corrected chi connectivity index (χ0v) is 15.1. The smallest absolute Gasteiger partial charge is 0.194 e. The molecule has 0 aliphatic carbocycles. The lowest BCUT2D eigenvalue weighted by Crippen LogP contribution is -2.31. The molecule has 3 aromatic carbocycles. The number of hydrogen-bond acceptors (Lipinski definition) is 2. The van der Waals surface area contributed by atoms with Gasteiger partial charge in [0.25, 0.3) is 0 Å². The average molecular weight is 368 g/mol. The van der Waals surface area contributed by atoms with Crippen LogP contribution >= 0.6 is 0 Å². The molecule has 5 heteroatoms. The van der Waals surface area contributed by atoms with Crippen molar-refractivity contribution < 1.29 is 13.2 Å². The molecular formula is C22H19F3N2. The van der Waals surface area contributed by atoms with Crippen LogP contribution in [-0.4, -0.2) is 18.4 Å². The average Bonchev–Trinajstić information content (AvgIpc) is 3.11. The molecule has 0 fully saturated rings. The number of halogens is 3. The molecule has 0 spiro atoms. The first-order valence-corrected chi connectivity index (χ1v) is 8.93.